The number of carbonyl (C=O) groups excluding carboxylic acids is 2. The van der Waals surface area contributed by atoms with Crippen molar-refractivity contribution in [1.29, 1.82) is 0 Å². The molecule has 4 heterocycles. The van der Waals surface area contributed by atoms with E-state index in [-0.39, 0.29) is 52.3 Å². The van der Waals surface area contributed by atoms with Crippen molar-refractivity contribution < 1.29 is 27.6 Å². The summed E-state index contributed by atoms with van der Waals surface area (Å²) in [7, 11) is 0. The van der Waals surface area contributed by atoms with Crippen molar-refractivity contribution in [3.63, 3.8) is 0 Å². The van der Waals surface area contributed by atoms with Gasteiger partial charge in [0.2, 0.25) is 0 Å². The molecule has 7 nitrogen and oxygen atoms in total. The number of carbonyl (C=O) groups is 2. The maximum Gasteiger partial charge on any atom is 0.185 e. The molecular weight excluding hydrogens is 516 g/mol. The SMILES string of the molecule is Cc1cc(C(C)(C)CC(=O)CC2(CC(=O)c3cc(-c4ccc(F)cc4F)on3)CN(CC3(C)COC3)C2)ccn1. The van der Waals surface area contributed by atoms with Crippen molar-refractivity contribution in [3.05, 3.63) is 71.2 Å². The lowest BCUT2D eigenvalue weighted by molar-refractivity contribution is -0.143. The molecule has 0 saturated carbocycles. The Morgan fingerprint density at radius 2 is 1.82 bits per heavy atom. The Bertz CT molecular complexity index is 1420. The van der Waals surface area contributed by atoms with E-state index in [1.54, 1.807) is 6.20 Å². The van der Waals surface area contributed by atoms with Crippen LogP contribution in [0.25, 0.3) is 11.3 Å². The van der Waals surface area contributed by atoms with E-state index in [2.05, 4.69) is 22.0 Å². The average Bonchev–Trinajstić information content (AvgIpc) is 3.32. The number of rotatable bonds is 11. The van der Waals surface area contributed by atoms with Crippen LogP contribution in [0.5, 0.6) is 0 Å². The molecule has 2 aliphatic rings. The number of aromatic nitrogens is 2. The number of aryl methyl sites for hydroxylation is 1. The highest BCUT2D eigenvalue weighted by Crippen LogP contribution is 2.43. The molecule has 3 aromatic rings. The number of hydrogen-bond acceptors (Lipinski definition) is 7. The number of Topliss-reactive ketones (excluding diaryl/α,β-unsaturated/α-hetero) is 2. The predicted molar refractivity (Wildman–Crippen MR) is 145 cm³/mol. The van der Waals surface area contributed by atoms with Crippen LogP contribution in [0.3, 0.4) is 0 Å². The monoisotopic (exact) mass is 551 g/mol. The maximum atomic E-state index is 14.2. The van der Waals surface area contributed by atoms with Crippen molar-refractivity contribution in [2.45, 2.75) is 52.4 Å². The molecule has 0 unspecified atom stereocenters. The summed E-state index contributed by atoms with van der Waals surface area (Å²) in [5, 5.41) is 3.88. The second-order valence-electron chi connectivity index (χ2n) is 12.7. The number of ether oxygens (including phenoxy) is 1. The predicted octanol–water partition coefficient (Wildman–Crippen LogP) is 5.56. The summed E-state index contributed by atoms with van der Waals surface area (Å²) >= 11 is 0. The van der Waals surface area contributed by atoms with Crippen LogP contribution in [0.4, 0.5) is 8.78 Å². The minimum atomic E-state index is -0.799. The Morgan fingerprint density at radius 3 is 2.48 bits per heavy atom. The summed E-state index contributed by atoms with van der Waals surface area (Å²) in [5.74, 6) is -1.63. The second-order valence-corrected chi connectivity index (χ2v) is 12.7. The molecule has 1 aromatic carbocycles. The zero-order valence-electron chi connectivity index (χ0n) is 23.4. The van der Waals surface area contributed by atoms with Gasteiger partial charge in [0, 0.05) is 73.8 Å². The molecule has 40 heavy (non-hydrogen) atoms. The Balaban J connectivity index is 1.30. The molecule has 0 radical (unpaired) electrons. The van der Waals surface area contributed by atoms with Gasteiger partial charge in [0.1, 0.15) is 23.1 Å². The minimum Gasteiger partial charge on any atom is -0.380 e. The van der Waals surface area contributed by atoms with Crippen molar-refractivity contribution >= 4 is 11.6 Å². The molecule has 0 N–H and O–H groups in total. The number of likely N-dealkylation sites (tertiary alicyclic amines) is 1. The number of benzene rings is 1. The molecule has 212 valence electrons. The molecule has 0 spiro atoms. The number of nitrogens with zero attached hydrogens (tertiary/aromatic N) is 3. The summed E-state index contributed by atoms with van der Waals surface area (Å²) in [5.41, 5.74) is 1.22. The molecule has 0 atom stereocenters. The Labute approximate surface area is 232 Å². The highest BCUT2D eigenvalue weighted by atomic mass is 19.1. The largest absolute Gasteiger partial charge is 0.380 e. The van der Waals surface area contributed by atoms with Gasteiger partial charge in [-0.3, -0.25) is 14.6 Å². The van der Waals surface area contributed by atoms with E-state index in [1.807, 2.05) is 32.9 Å². The number of halogens is 2. The van der Waals surface area contributed by atoms with Gasteiger partial charge in [0.05, 0.1) is 18.8 Å². The topological polar surface area (TPSA) is 85.5 Å². The molecule has 9 heteroatoms. The van der Waals surface area contributed by atoms with E-state index in [1.165, 1.54) is 12.1 Å². The Kier molecular flexibility index (Phi) is 7.48. The number of hydrogen-bond donors (Lipinski definition) is 0. The van der Waals surface area contributed by atoms with E-state index in [9.17, 15) is 18.4 Å². The zero-order valence-corrected chi connectivity index (χ0v) is 23.4. The number of pyridine rings is 1. The van der Waals surface area contributed by atoms with Gasteiger partial charge in [-0.05, 0) is 42.2 Å². The highest BCUT2D eigenvalue weighted by Gasteiger charge is 2.49. The zero-order chi connectivity index (χ0) is 28.7. The third kappa shape index (κ3) is 6.05. The third-order valence-electron chi connectivity index (χ3n) is 8.04. The molecule has 2 aliphatic heterocycles. The molecule has 0 amide bonds. The summed E-state index contributed by atoms with van der Waals surface area (Å²) in [6.07, 6.45) is 2.49. The standard InChI is InChI=1S/C31H35F2N3O4/c1-20-9-21(7-8-34-20)29(2,3)12-23(37)13-31(16-36(17-31)15-30(4)18-39-19-30)14-27(38)26-11-28(40-35-26)24-6-5-22(32)10-25(24)33/h5-11H,12-19H2,1-4H3. The first-order valence-electron chi connectivity index (χ1n) is 13.6. The van der Waals surface area contributed by atoms with Crippen molar-refractivity contribution in [3.8, 4) is 11.3 Å². The molecule has 5 rings (SSSR count). The summed E-state index contributed by atoms with van der Waals surface area (Å²) in [6.45, 7) is 11.7. The van der Waals surface area contributed by atoms with Gasteiger partial charge in [0.15, 0.2) is 11.5 Å². The highest BCUT2D eigenvalue weighted by molar-refractivity contribution is 5.96. The smallest absolute Gasteiger partial charge is 0.185 e. The van der Waals surface area contributed by atoms with Gasteiger partial charge < -0.3 is 14.2 Å². The Hall–Kier alpha value is -3.30. The van der Waals surface area contributed by atoms with E-state index in [0.717, 1.165) is 29.9 Å². The lowest BCUT2D eigenvalue weighted by Gasteiger charge is -2.54. The van der Waals surface area contributed by atoms with Crippen molar-refractivity contribution in [2.75, 3.05) is 32.8 Å². The van der Waals surface area contributed by atoms with Gasteiger partial charge in [-0.25, -0.2) is 8.78 Å². The van der Waals surface area contributed by atoms with Gasteiger partial charge >= 0.3 is 0 Å². The van der Waals surface area contributed by atoms with Crippen LogP contribution in [0.2, 0.25) is 0 Å². The molecule has 2 aromatic heterocycles. The molecule has 0 bridgehead atoms. The fourth-order valence-corrected chi connectivity index (χ4v) is 6.08. The van der Waals surface area contributed by atoms with E-state index in [0.29, 0.717) is 32.7 Å². The van der Waals surface area contributed by atoms with Crippen LogP contribution < -0.4 is 0 Å². The first kappa shape index (κ1) is 28.2. The summed E-state index contributed by atoms with van der Waals surface area (Å²) < 4.78 is 38.2. The first-order chi connectivity index (χ1) is 18.9. The quantitative estimate of drug-likeness (QED) is 0.288. The third-order valence-corrected chi connectivity index (χ3v) is 8.04. The minimum absolute atomic E-state index is 0.0252. The van der Waals surface area contributed by atoms with Crippen LogP contribution in [-0.4, -0.2) is 59.5 Å². The lowest BCUT2D eigenvalue weighted by atomic mass is 9.68. The second kappa shape index (κ2) is 10.6. The summed E-state index contributed by atoms with van der Waals surface area (Å²) in [6, 6.07) is 8.45. The Morgan fingerprint density at radius 1 is 1.07 bits per heavy atom. The van der Waals surface area contributed by atoms with Gasteiger partial charge in [-0.1, -0.05) is 25.9 Å². The molecule has 2 saturated heterocycles. The van der Waals surface area contributed by atoms with Crippen LogP contribution in [-0.2, 0) is 14.9 Å². The normalized spacial score (nSPS) is 18.1. The summed E-state index contributed by atoms with van der Waals surface area (Å²) in [4.78, 5) is 33.4. The number of ketones is 2. The van der Waals surface area contributed by atoms with Gasteiger partial charge in [-0.15, -0.1) is 0 Å². The lowest BCUT2D eigenvalue weighted by Crippen LogP contribution is -2.62. The molecule has 0 aliphatic carbocycles. The van der Waals surface area contributed by atoms with Crippen LogP contribution in [0, 0.1) is 29.4 Å². The van der Waals surface area contributed by atoms with Gasteiger partial charge in [-0.2, -0.15) is 0 Å². The van der Waals surface area contributed by atoms with Crippen molar-refractivity contribution in [1.82, 2.24) is 15.0 Å². The van der Waals surface area contributed by atoms with E-state index in [4.69, 9.17) is 9.26 Å². The maximum absolute atomic E-state index is 14.2. The van der Waals surface area contributed by atoms with Crippen LogP contribution in [0.15, 0.2) is 47.1 Å². The average molecular weight is 552 g/mol. The first-order valence-corrected chi connectivity index (χ1v) is 13.6. The van der Waals surface area contributed by atoms with Gasteiger partial charge in [0.25, 0.3) is 0 Å². The molecule has 2 fully saturated rings. The van der Waals surface area contributed by atoms with E-state index >= 15 is 0 Å². The van der Waals surface area contributed by atoms with Crippen LogP contribution in [0.1, 0.15) is 61.8 Å². The van der Waals surface area contributed by atoms with E-state index < -0.39 is 17.0 Å². The fraction of sp³-hybridized carbons (Fsp3) is 0.484. The molecular formula is C31H35F2N3O4. The van der Waals surface area contributed by atoms with Crippen molar-refractivity contribution in [2.24, 2.45) is 10.8 Å². The fourth-order valence-electron chi connectivity index (χ4n) is 6.08. The van der Waals surface area contributed by atoms with Crippen LogP contribution >= 0.6 is 0 Å².